The van der Waals surface area contributed by atoms with Crippen LogP contribution >= 0.6 is 0 Å². The third kappa shape index (κ3) is 0.980. The average molecular weight is 221 g/mol. The Hall–Kier alpha value is -0.930. The van der Waals surface area contributed by atoms with E-state index >= 15 is 0 Å². The molecule has 3 N–H and O–H groups in total. The second-order valence-corrected chi connectivity index (χ2v) is 5.17. The van der Waals surface area contributed by atoms with Crippen LogP contribution in [0.2, 0.25) is 0 Å². The van der Waals surface area contributed by atoms with Crippen LogP contribution in [-0.4, -0.2) is 18.3 Å². The van der Waals surface area contributed by atoms with Crippen LogP contribution in [0, 0.1) is 11.2 Å². The molecule has 0 heterocycles. The zero-order valence-corrected chi connectivity index (χ0v) is 9.17. The third-order valence-electron chi connectivity index (χ3n) is 4.66. The van der Waals surface area contributed by atoms with Crippen LogP contribution in [0.1, 0.15) is 24.0 Å². The molecule has 0 radical (unpaired) electrons. The molecule has 86 valence electrons. The highest BCUT2D eigenvalue weighted by Gasteiger charge is 2.68. The minimum absolute atomic E-state index is 0.0338. The summed E-state index contributed by atoms with van der Waals surface area (Å²) in [6, 6.07) is 5.28. The smallest absolute Gasteiger partial charge is 0.126 e. The van der Waals surface area contributed by atoms with Crippen molar-refractivity contribution in [3.63, 3.8) is 0 Å². The largest absolute Gasteiger partial charge is 0.396 e. The fourth-order valence-corrected chi connectivity index (χ4v) is 3.54. The maximum Gasteiger partial charge on any atom is 0.126 e. The van der Waals surface area contributed by atoms with Crippen molar-refractivity contribution in [3.05, 3.63) is 35.1 Å². The first-order valence-electron chi connectivity index (χ1n) is 5.78. The van der Waals surface area contributed by atoms with Crippen molar-refractivity contribution >= 4 is 0 Å². The van der Waals surface area contributed by atoms with Crippen molar-refractivity contribution in [2.45, 2.75) is 24.7 Å². The van der Waals surface area contributed by atoms with Crippen molar-refractivity contribution < 1.29 is 9.50 Å². The van der Waals surface area contributed by atoms with Gasteiger partial charge in [0.25, 0.3) is 0 Å². The topological polar surface area (TPSA) is 46.2 Å². The average Bonchev–Trinajstić information content (AvgIpc) is 2.81. The summed E-state index contributed by atoms with van der Waals surface area (Å²) in [6.45, 7) is 0.596. The van der Waals surface area contributed by atoms with Gasteiger partial charge in [-0.05, 0) is 36.5 Å². The zero-order valence-electron chi connectivity index (χ0n) is 9.17. The first kappa shape index (κ1) is 10.2. The van der Waals surface area contributed by atoms with Crippen molar-refractivity contribution in [1.82, 2.24) is 0 Å². The van der Waals surface area contributed by atoms with Gasteiger partial charge >= 0.3 is 0 Å². The molecule has 0 aliphatic heterocycles. The van der Waals surface area contributed by atoms with E-state index in [1.165, 1.54) is 6.07 Å². The Kier molecular flexibility index (Phi) is 1.95. The number of benzene rings is 1. The number of rotatable bonds is 2. The molecule has 2 aliphatic rings. The van der Waals surface area contributed by atoms with E-state index in [4.69, 9.17) is 5.73 Å². The molecule has 3 heteroatoms. The molecular weight excluding hydrogens is 205 g/mol. The SMILES string of the molecule is NCC1(CO)CC12CCc1c(F)cccc12. The van der Waals surface area contributed by atoms with Gasteiger partial charge < -0.3 is 10.8 Å². The summed E-state index contributed by atoms with van der Waals surface area (Å²) in [5.41, 5.74) is 7.48. The summed E-state index contributed by atoms with van der Waals surface area (Å²) in [6.07, 6.45) is 2.62. The summed E-state index contributed by atoms with van der Waals surface area (Å²) in [7, 11) is 0. The molecule has 1 fully saturated rings. The van der Waals surface area contributed by atoms with Crippen LogP contribution in [0.3, 0.4) is 0 Å². The van der Waals surface area contributed by atoms with Gasteiger partial charge in [-0.3, -0.25) is 0 Å². The summed E-state index contributed by atoms with van der Waals surface area (Å²) >= 11 is 0. The Morgan fingerprint density at radius 2 is 2.25 bits per heavy atom. The van der Waals surface area contributed by atoms with Crippen LogP contribution in [-0.2, 0) is 11.8 Å². The number of fused-ring (bicyclic) bond motifs is 2. The van der Waals surface area contributed by atoms with E-state index in [2.05, 4.69) is 0 Å². The molecule has 3 rings (SSSR count). The molecule has 0 aromatic heterocycles. The molecule has 16 heavy (non-hydrogen) atoms. The molecule has 1 spiro atoms. The number of aliphatic hydroxyl groups excluding tert-OH is 1. The van der Waals surface area contributed by atoms with Gasteiger partial charge in [-0.1, -0.05) is 12.1 Å². The van der Waals surface area contributed by atoms with Gasteiger partial charge in [0.1, 0.15) is 5.82 Å². The normalized spacial score (nSPS) is 35.4. The van der Waals surface area contributed by atoms with Gasteiger partial charge in [-0.2, -0.15) is 0 Å². The monoisotopic (exact) mass is 221 g/mol. The lowest BCUT2D eigenvalue weighted by molar-refractivity contribution is 0.195. The Morgan fingerprint density at radius 1 is 1.44 bits per heavy atom. The van der Waals surface area contributed by atoms with E-state index in [1.807, 2.05) is 6.07 Å². The Morgan fingerprint density at radius 3 is 2.88 bits per heavy atom. The van der Waals surface area contributed by atoms with E-state index in [1.54, 1.807) is 6.07 Å². The Balaban J connectivity index is 2.09. The van der Waals surface area contributed by atoms with Crippen LogP contribution in [0.15, 0.2) is 18.2 Å². The highest BCUT2D eigenvalue weighted by molar-refractivity contribution is 5.48. The summed E-state index contributed by atoms with van der Waals surface area (Å²) in [5, 5.41) is 9.50. The van der Waals surface area contributed by atoms with Gasteiger partial charge in [0, 0.05) is 17.4 Å². The first-order valence-corrected chi connectivity index (χ1v) is 5.78. The lowest BCUT2D eigenvalue weighted by atomic mass is 9.87. The molecule has 1 aromatic rings. The molecule has 0 amide bonds. The number of aliphatic hydroxyl groups is 1. The molecule has 2 atom stereocenters. The van der Waals surface area contributed by atoms with E-state index < -0.39 is 0 Å². The van der Waals surface area contributed by atoms with E-state index in [0.29, 0.717) is 6.54 Å². The van der Waals surface area contributed by atoms with Crippen molar-refractivity contribution in [1.29, 1.82) is 0 Å². The van der Waals surface area contributed by atoms with E-state index in [9.17, 15) is 9.50 Å². The molecule has 2 aliphatic carbocycles. The number of nitrogens with two attached hydrogens (primary N) is 1. The van der Waals surface area contributed by atoms with Crippen LogP contribution in [0.4, 0.5) is 4.39 Å². The second-order valence-electron chi connectivity index (χ2n) is 5.17. The minimum atomic E-state index is -0.188. The van der Waals surface area contributed by atoms with Gasteiger partial charge in [-0.15, -0.1) is 0 Å². The van der Waals surface area contributed by atoms with Crippen LogP contribution < -0.4 is 5.73 Å². The molecule has 0 bridgehead atoms. The number of halogens is 1. The Labute approximate surface area is 94.3 Å². The summed E-state index contributed by atoms with van der Waals surface area (Å²) in [5.74, 6) is -0.106. The van der Waals surface area contributed by atoms with E-state index in [-0.39, 0.29) is 23.3 Å². The number of hydrogen-bond acceptors (Lipinski definition) is 2. The molecule has 1 saturated carbocycles. The summed E-state index contributed by atoms with van der Waals surface area (Å²) in [4.78, 5) is 0. The van der Waals surface area contributed by atoms with Gasteiger partial charge in [-0.25, -0.2) is 4.39 Å². The molecule has 0 saturated heterocycles. The predicted octanol–water partition coefficient (Wildman–Crippen LogP) is 1.35. The van der Waals surface area contributed by atoms with Crippen LogP contribution in [0.5, 0.6) is 0 Å². The van der Waals surface area contributed by atoms with Crippen LogP contribution in [0.25, 0.3) is 0 Å². The molecule has 2 unspecified atom stereocenters. The standard InChI is InChI=1S/C13H16FNO/c14-11-3-1-2-10-9(11)4-5-13(10)6-12(13,7-15)8-16/h1-3,16H,4-8,15H2. The number of hydrogen-bond donors (Lipinski definition) is 2. The fraction of sp³-hybridized carbons (Fsp3) is 0.538. The molecule has 1 aromatic carbocycles. The maximum absolute atomic E-state index is 13.6. The lowest BCUT2D eigenvalue weighted by Crippen LogP contribution is -2.28. The molecular formula is C13H16FNO. The van der Waals surface area contributed by atoms with Gasteiger partial charge in [0.15, 0.2) is 0 Å². The second kappa shape index (κ2) is 3.05. The van der Waals surface area contributed by atoms with Gasteiger partial charge in [0.2, 0.25) is 0 Å². The van der Waals surface area contributed by atoms with Gasteiger partial charge in [0.05, 0.1) is 6.61 Å². The van der Waals surface area contributed by atoms with Crippen molar-refractivity contribution in [2.24, 2.45) is 11.1 Å². The van der Waals surface area contributed by atoms with Crippen molar-refractivity contribution in [3.8, 4) is 0 Å². The third-order valence-corrected chi connectivity index (χ3v) is 4.66. The lowest BCUT2D eigenvalue weighted by Gasteiger charge is -2.19. The highest BCUT2D eigenvalue weighted by Crippen LogP contribution is 2.69. The van der Waals surface area contributed by atoms with E-state index in [0.717, 1.165) is 30.4 Å². The quantitative estimate of drug-likeness (QED) is 0.792. The fourth-order valence-electron chi connectivity index (χ4n) is 3.54. The predicted molar refractivity (Wildman–Crippen MR) is 59.6 cm³/mol. The maximum atomic E-state index is 13.6. The first-order chi connectivity index (χ1) is 7.69. The zero-order chi connectivity index (χ0) is 11.4. The Bertz CT molecular complexity index is 442. The molecule has 2 nitrogen and oxygen atoms in total. The highest BCUT2D eigenvalue weighted by atomic mass is 19.1. The van der Waals surface area contributed by atoms with Crippen molar-refractivity contribution in [2.75, 3.05) is 13.2 Å². The minimum Gasteiger partial charge on any atom is -0.396 e. The summed E-state index contributed by atoms with van der Waals surface area (Å²) < 4.78 is 13.6.